The third-order valence-electron chi connectivity index (χ3n) is 3.62. The van der Waals surface area contributed by atoms with Crippen molar-refractivity contribution in [2.75, 3.05) is 0 Å². The van der Waals surface area contributed by atoms with Crippen LogP contribution >= 0.6 is 0 Å². The van der Waals surface area contributed by atoms with Gasteiger partial charge >= 0.3 is 5.88 Å². The van der Waals surface area contributed by atoms with Crippen molar-refractivity contribution in [3.63, 3.8) is 0 Å². The Balaban J connectivity index is 1.80. The predicted octanol–water partition coefficient (Wildman–Crippen LogP) is 2.66. The van der Waals surface area contributed by atoms with Crippen molar-refractivity contribution in [2.45, 2.75) is 6.92 Å². The molecule has 9 heteroatoms. The molecule has 2 heterocycles. The van der Waals surface area contributed by atoms with Crippen molar-refractivity contribution >= 4 is 18.0 Å². The second-order valence-corrected chi connectivity index (χ2v) is 5.52. The zero-order valence-corrected chi connectivity index (χ0v) is 14.0. The van der Waals surface area contributed by atoms with E-state index in [4.69, 9.17) is 4.42 Å². The SMILES string of the molecule is Cc1ccccc1C(=O)NN=Cc1cn(C)nc1-c1ccc([N+](=O)[O-])o1. The van der Waals surface area contributed by atoms with Crippen molar-refractivity contribution < 1.29 is 14.1 Å². The van der Waals surface area contributed by atoms with Crippen LogP contribution in [0.1, 0.15) is 21.5 Å². The van der Waals surface area contributed by atoms with E-state index >= 15 is 0 Å². The molecule has 0 saturated carbocycles. The second-order valence-electron chi connectivity index (χ2n) is 5.52. The number of nitrogens with zero attached hydrogens (tertiary/aromatic N) is 4. The number of hydrogen-bond acceptors (Lipinski definition) is 6. The van der Waals surface area contributed by atoms with Crippen LogP contribution in [0, 0.1) is 17.0 Å². The maximum Gasteiger partial charge on any atom is 0.433 e. The van der Waals surface area contributed by atoms with Crippen molar-refractivity contribution in [1.29, 1.82) is 0 Å². The first-order chi connectivity index (χ1) is 12.5. The Hall–Kier alpha value is -3.75. The molecule has 3 aromatic rings. The average molecular weight is 353 g/mol. The van der Waals surface area contributed by atoms with E-state index in [0.29, 0.717) is 16.8 Å². The van der Waals surface area contributed by atoms with Gasteiger partial charge in [-0.15, -0.1) is 0 Å². The van der Waals surface area contributed by atoms with Gasteiger partial charge in [0.1, 0.15) is 10.6 Å². The van der Waals surface area contributed by atoms with Crippen molar-refractivity contribution in [2.24, 2.45) is 12.1 Å². The van der Waals surface area contributed by atoms with Crippen LogP contribution in [-0.2, 0) is 7.05 Å². The van der Waals surface area contributed by atoms with Crippen LogP contribution in [-0.4, -0.2) is 26.8 Å². The zero-order chi connectivity index (χ0) is 18.7. The van der Waals surface area contributed by atoms with E-state index in [1.165, 1.54) is 23.0 Å². The molecule has 0 radical (unpaired) electrons. The number of carbonyl (C=O) groups is 1. The third kappa shape index (κ3) is 3.51. The highest BCUT2D eigenvalue weighted by Gasteiger charge is 2.17. The summed E-state index contributed by atoms with van der Waals surface area (Å²) < 4.78 is 6.70. The van der Waals surface area contributed by atoms with Crippen LogP contribution in [0.5, 0.6) is 0 Å². The number of nitrogens with one attached hydrogen (secondary N) is 1. The number of carbonyl (C=O) groups excluding carboxylic acids is 1. The molecule has 0 aliphatic carbocycles. The van der Waals surface area contributed by atoms with Crippen molar-refractivity contribution in [3.8, 4) is 11.5 Å². The summed E-state index contributed by atoms with van der Waals surface area (Å²) in [7, 11) is 1.70. The van der Waals surface area contributed by atoms with E-state index in [-0.39, 0.29) is 17.6 Å². The largest absolute Gasteiger partial charge is 0.433 e. The Morgan fingerprint density at radius 1 is 1.35 bits per heavy atom. The van der Waals surface area contributed by atoms with Gasteiger partial charge in [-0.05, 0) is 24.6 Å². The number of benzene rings is 1. The summed E-state index contributed by atoms with van der Waals surface area (Å²) in [5.41, 5.74) is 4.75. The molecular weight excluding hydrogens is 338 g/mol. The minimum Gasteiger partial charge on any atom is -0.399 e. The fourth-order valence-corrected chi connectivity index (χ4v) is 2.39. The number of nitro groups is 1. The Kier molecular flexibility index (Phi) is 4.61. The van der Waals surface area contributed by atoms with Crippen molar-refractivity contribution in [1.82, 2.24) is 15.2 Å². The van der Waals surface area contributed by atoms with Gasteiger partial charge in [-0.25, -0.2) is 5.43 Å². The molecule has 0 saturated heterocycles. The van der Waals surface area contributed by atoms with Gasteiger partial charge < -0.3 is 4.42 Å². The molecule has 0 aliphatic heterocycles. The van der Waals surface area contributed by atoms with E-state index in [1.807, 2.05) is 19.1 Å². The van der Waals surface area contributed by atoms with Gasteiger partial charge in [-0.2, -0.15) is 10.2 Å². The number of aryl methyl sites for hydroxylation is 2. The van der Waals surface area contributed by atoms with E-state index < -0.39 is 4.92 Å². The summed E-state index contributed by atoms with van der Waals surface area (Å²) in [6.07, 6.45) is 3.07. The first-order valence-corrected chi connectivity index (χ1v) is 7.63. The normalized spacial score (nSPS) is 11.0. The molecule has 0 aliphatic rings. The average Bonchev–Trinajstić information content (AvgIpc) is 3.22. The fourth-order valence-electron chi connectivity index (χ4n) is 2.39. The minimum atomic E-state index is -0.622. The van der Waals surface area contributed by atoms with E-state index in [0.717, 1.165) is 5.56 Å². The molecule has 132 valence electrons. The Morgan fingerprint density at radius 3 is 2.81 bits per heavy atom. The maximum absolute atomic E-state index is 12.2. The molecule has 0 atom stereocenters. The molecule has 26 heavy (non-hydrogen) atoms. The number of aromatic nitrogens is 2. The first kappa shape index (κ1) is 17.1. The lowest BCUT2D eigenvalue weighted by atomic mass is 10.1. The molecule has 0 bridgehead atoms. The van der Waals surface area contributed by atoms with Gasteiger partial charge in [0.15, 0.2) is 5.76 Å². The van der Waals surface area contributed by atoms with Crippen LogP contribution in [0.25, 0.3) is 11.5 Å². The summed E-state index contributed by atoms with van der Waals surface area (Å²) in [6, 6.07) is 9.88. The van der Waals surface area contributed by atoms with Gasteiger partial charge in [0.2, 0.25) is 0 Å². The summed E-state index contributed by atoms with van der Waals surface area (Å²) in [4.78, 5) is 22.3. The van der Waals surface area contributed by atoms with Crippen LogP contribution in [0.4, 0.5) is 5.88 Å². The highest BCUT2D eigenvalue weighted by molar-refractivity contribution is 5.96. The fraction of sp³-hybridized carbons (Fsp3) is 0.118. The van der Waals surface area contributed by atoms with E-state index in [1.54, 1.807) is 25.4 Å². The van der Waals surface area contributed by atoms with Crippen molar-refractivity contribution in [3.05, 3.63) is 69.4 Å². The number of amides is 1. The van der Waals surface area contributed by atoms with Crippen LogP contribution in [0.15, 0.2) is 52.1 Å². The maximum atomic E-state index is 12.2. The molecule has 1 N–H and O–H groups in total. The molecule has 9 nitrogen and oxygen atoms in total. The molecule has 1 amide bonds. The highest BCUT2D eigenvalue weighted by atomic mass is 16.6. The molecule has 3 rings (SSSR count). The van der Waals surface area contributed by atoms with Gasteiger partial charge in [-0.1, -0.05) is 18.2 Å². The Labute approximate surface area is 148 Å². The van der Waals surface area contributed by atoms with Gasteiger partial charge in [0.25, 0.3) is 5.91 Å². The quantitative estimate of drug-likeness (QED) is 0.430. The topological polar surface area (TPSA) is 116 Å². The molecule has 1 aromatic carbocycles. The van der Waals surface area contributed by atoms with Gasteiger partial charge in [0.05, 0.1) is 12.3 Å². The molecule has 0 unspecified atom stereocenters. The summed E-state index contributed by atoms with van der Waals surface area (Å²) in [6.45, 7) is 1.83. The number of hydrogen-bond donors (Lipinski definition) is 1. The van der Waals surface area contributed by atoms with Gasteiger partial charge in [0, 0.05) is 24.4 Å². The molecule has 0 fully saturated rings. The third-order valence-corrected chi connectivity index (χ3v) is 3.62. The smallest absolute Gasteiger partial charge is 0.399 e. The van der Waals surface area contributed by atoms with E-state index in [9.17, 15) is 14.9 Å². The predicted molar refractivity (Wildman–Crippen MR) is 93.8 cm³/mol. The molecule has 0 spiro atoms. The summed E-state index contributed by atoms with van der Waals surface area (Å²) in [5.74, 6) is -0.469. The zero-order valence-electron chi connectivity index (χ0n) is 14.0. The lowest BCUT2D eigenvalue weighted by Gasteiger charge is -2.02. The van der Waals surface area contributed by atoms with Crippen LogP contribution < -0.4 is 5.43 Å². The molecular formula is C17H15N5O4. The highest BCUT2D eigenvalue weighted by Crippen LogP contribution is 2.26. The summed E-state index contributed by atoms with van der Waals surface area (Å²) >= 11 is 0. The monoisotopic (exact) mass is 353 g/mol. The van der Waals surface area contributed by atoms with Gasteiger partial charge in [-0.3, -0.25) is 19.6 Å². The first-order valence-electron chi connectivity index (χ1n) is 7.63. The molecule has 2 aromatic heterocycles. The lowest BCUT2D eigenvalue weighted by Crippen LogP contribution is -2.18. The second kappa shape index (κ2) is 7.01. The van der Waals surface area contributed by atoms with E-state index in [2.05, 4.69) is 15.6 Å². The van der Waals surface area contributed by atoms with Crippen LogP contribution in [0.3, 0.4) is 0 Å². The Morgan fingerprint density at radius 2 is 2.12 bits per heavy atom. The standard InChI is InChI=1S/C17H15N5O4/c1-11-5-3-4-6-13(11)17(23)19-18-9-12-10-21(2)20-16(12)14-7-8-15(26-14)22(24)25/h3-10H,1-2H3,(H,19,23). The number of rotatable bonds is 5. The minimum absolute atomic E-state index is 0.240. The number of hydrazone groups is 1. The number of furan rings is 1. The van der Waals surface area contributed by atoms with Crippen LogP contribution in [0.2, 0.25) is 0 Å². The lowest BCUT2D eigenvalue weighted by molar-refractivity contribution is -0.401. The summed E-state index contributed by atoms with van der Waals surface area (Å²) in [5, 5.41) is 18.9. The Bertz CT molecular complexity index is 1000.